The monoisotopic (exact) mass is 452 g/mol. The number of hydrogen-bond acceptors (Lipinski definition) is 6. The summed E-state index contributed by atoms with van der Waals surface area (Å²) in [6, 6.07) is 8.52. The van der Waals surface area contributed by atoms with E-state index in [2.05, 4.69) is 5.32 Å². The van der Waals surface area contributed by atoms with Crippen molar-refractivity contribution in [2.45, 2.75) is 23.8 Å². The highest BCUT2D eigenvalue weighted by atomic mass is 35.5. The predicted molar refractivity (Wildman–Crippen MR) is 111 cm³/mol. The van der Waals surface area contributed by atoms with Crippen LogP contribution in [0, 0.1) is 0 Å². The van der Waals surface area contributed by atoms with Crippen molar-refractivity contribution in [1.29, 1.82) is 0 Å². The maximum absolute atomic E-state index is 13.2. The molecule has 2 heterocycles. The Morgan fingerprint density at radius 1 is 1.17 bits per heavy atom. The Bertz CT molecular complexity index is 1070. The number of carbonyl (C=O) groups excluding carboxylic acids is 1. The Morgan fingerprint density at radius 3 is 2.67 bits per heavy atom. The Hall–Kier alpha value is -2.49. The van der Waals surface area contributed by atoms with Crippen molar-refractivity contribution in [1.82, 2.24) is 4.31 Å². The molecule has 10 heteroatoms. The van der Waals surface area contributed by atoms with Crippen LogP contribution in [-0.4, -0.2) is 51.5 Å². The van der Waals surface area contributed by atoms with E-state index in [-0.39, 0.29) is 11.4 Å². The van der Waals surface area contributed by atoms with Gasteiger partial charge in [-0.25, -0.2) is 8.42 Å². The minimum Gasteiger partial charge on any atom is -0.495 e. The number of benzene rings is 2. The van der Waals surface area contributed by atoms with Crippen molar-refractivity contribution < 1.29 is 27.4 Å². The second-order valence-corrected chi connectivity index (χ2v) is 9.22. The SMILES string of the molecule is COc1ccc(NC(=O)C2CCCN2S(=O)(=O)c2ccc3c(c2)OCCO3)cc1Cl. The smallest absolute Gasteiger partial charge is 0.243 e. The van der Waals surface area contributed by atoms with Gasteiger partial charge in [-0.3, -0.25) is 4.79 Å². The van der Waals surface area contributed by atoms with Crippen LogP contribution in [0.15, 0.2) is 41.3 Å². The summed E-state index contributed by atoms with van der Waals surface area (Å²) in [6.07, 6.45) is 1.02. The van der Waals surface area contributed by atoms with E-state index in [1.54, 1.807) is 24.3 Å². The van der Waals surface area contributed by atoms with Crippen molar-refractivity contribution in [2.75, 3.05) is 32.2 Å². The summed E-state index contributed by atoms with van der Waals surface area (Å²) < 4.78 is 43.8. The molecule has 160 valence electrons. The van der Waals surface area contributed by atoms with Crippen LogP contribution in [0.5, 0.6) is 17.2 Å². The molecule has 4 rings (SSSR count). The molecular weight excluding hydrogens is 432 g/mol. The number of rotatable bonds is 5. The minimum absolute atomic E-state index is 0.0685. The molecule has 2 aromatic rings. The first-order valence-electron chi connectivity index (χ1n) is 9.46. The first-order chi connectivity index (χ1) is 14.4. The van der Waals surface area contributed by atoms with E-state index >= 15 is 0 Å². The van der Waals surface area contributed by atoms with Crippen LogP contribution in [0.1, 0.15) is 12.8 Å². The number of hydrogen-bond donors (Lipinski definition) is 1. The number of amides is 1. The van der Waals surface area contributed by atoms with Gasteiger partial charge < -0.3 is 19.5 Å². The molecule has 1 saturated heterocycles. The first kappa shape index (κ1) is 20.8. The minimum atomic E-state index is -3.89. The lowest BCUT2D eigenvalue weighted by Crippen LogP contribution is -2.43. The summed E-state index contributed by atoms with van der Waals surface area (Å²) in [4.78, 5) is 12.9. The van der Waals surface area contributed by atoms with Crippen molar-refractivity contribution in [3.8, 4) is 17.2 Å². The molecule has 1 amide bonds. The van der Waals surface area contributed by atoms with Crippen molar-refractivity contribution >= 4 is 33.2 Å². The van der Waals surface area contributed by atoms with Gasteiger partial charge in [-0.1, -0.05) is 11.6 Å². The Labute approximate surface area is 179 Å². The van der Waals surface area contributed by atoms with Gasteiger partial charge in [0.2, 0.25) is 15.9 Å². The van der Waals surface area contributed by atoms with Crippen LogP contribution in [0.3, 0.4) is 0 Å². The average molecular weight is 453 g/mol. The van der Waals surface area contributed by atoms with E-state index < -0.39 is 22.0 Å². The molecule has 1 unspecified atom stereocenters. The number of methoxy groups -OCH3 is 1. The lowest BCUT2D eigenvalue weighted by atomic mass is 10.2. The van der Waals surface area contributed by atoms with Gasteiger partial charge in [-0.2, -0.15) is 4.31 Å². The zero-order valence-corrected chi connectivity index (χ0v) is 17.8. The number of sulfonamides is 1. The number of nitrogens with zero attached hydrogens (tertiary/aromatic N) is 1. The molecule has 0 aromatic heterocycles. The molecule has 0 aliphatic carbocycles. The summed E-state index contributed by atoms with van der Waals surface area (Å²) in [5, 5.41) is 3.10. The molecule has 0 radical (unpaired) electrons. The van der Waals surface area contributed by atoms with E-state index in [0.717, 1.165) is 0 Å². The highest BCUT2D eigenvalue weighted by Crippen LogP contribution is 2.35. The van der Waals surface area contributed by atoms with E-state index in [4.69, 9.17) is 25.8 Å². The normalized spacial score (nSPS) is 18.8. The number of ether oxygens (including phenoxy) is 3. The van der Waals surface area contributed by atoms with Gasteiger partial charge >= 0.3 is 0 Å². The van der Waals surface area contributed by atoms with Gasteiger partial charge in [0.1, 0.15) is 25.0 Å². The van der Waals surface area contributed by atoms with Crippen molar-refractivity contribution in [2.24, 2.45) is 0 Å². The lowest BCUT2D eigenvalue weighted by molar-refractivity contribution is -0.119. The fraction of sp³-hybridized carbons (Fsp3) is 0.350. The Balaban J connectivity index is 1.55. The molecule has 0 saturated carbocycles. The zero-order chi connectivity index (χ0) is 21.3. The van der Waals surface area contributed by atoms with Crippen LogP contribution in [-0.2, 0) is 14.8 Å². The van der Waals surface area contributed by atoms with E-state index in [9.17, 15) is 13.2 Å². The second kappa shape index (κ2) is 8.33. The van der Waals surface area contributed by atoms with E-state index in [1.807, 2.05) is 0 Å². The Kier molecular flexibility index (Phi) is 5.77. The van der Waals surface area contributed by atoms with Crippen LogP contribution in [0.2, 0.25) is 5.02 Å². The Morgan fingerprint density at radius 2 is 1.93 bits per heavy atom. The summed E-state index contributed by atoms with van der Waals surface area (Å²) in [5.41, 5.74) is 0.467. The number of anilines is 1. The van der Waals surface area contributed by atoms with Crippen LogP contribution in [0.25, 0.3) is 0 Å². The van der Waals surface area contributed by atoms with Crippen molar-refractivity contribution in [3.63, 3.8) is 0 Å². The standard InChI is InChI=1S/C20H21ClN2O6S/c1-27-17-6-4-13(11-15(17)21)22-20(24)16-3-2-8-23(16)30(25,26)14-5-7-18-19(12-14)29-10-9-28-18/h4-7,11-12,16H,2-3,8-10H2,1H3,(H,22,24). The molecular formula is C20H21ClN2O6S. The number of fused-ring (bicyclic) bond motifs is 1. The average Bonchev–Trinajstić information content (AvgIpc) is 3.24. The number of carbonyl (C=O) groups is 1. The lowest BCUT2D eigenvalue weighted by Gasteiger charge is -2.24. The number of halogens is 1. The van der Waals surface area contributed by atoms with Gasteiger partial charge in [-0.15, -0.1) is 0 Å². The molecule has 0 bridgehead atoms. The van der Waals surface area contributed by atoms with Crippen molar-refractivity contribution in [3.05, 3.63) is 41.4 Å². The molecule has 0 spiro atoms. The number of nitrogens with one attached hydrogen (secondary N) is 1. The molecule has 1 N–H and O–H groups in total. The van der Waals surface area contributed by atoms with Crippen LogP contribution < -0.4 is 19.5 Å². The first-order valence-corrected chi connectivity index (χ1v) is 11.3. The molecule has 2 aliphatic heterocycles. The molecule has 2 aliphatic rings. The van der Waals surface area contributed by atoms with Gasteiger partial charge in [-0.05, 0) is 43.2 Å². The third-order valence-electron chi connectivity index (χ3n) is 5.05. The molecule has 1 fully saturated rings. The quantitative estimate of drug-likeness (QED) is 0.749. The second-order valence-electron chi connectivity index (χ2n) is 6.92. The van der Waals surface area contributed by atoms with Gasteiger partial charge in [0, 0.05) is 18.3 Å². The predicted octanol–water partition coefficient (Wildman–Crippen LogP) is 2.91. The topological polar surface area (TPSA) is 94.2 Å². The molecule has 30 heavy (non-hydrogen) atoms. The fourth-order valence-corrected chi connectivity index (χ4v) is 5.51. The molecule has 2 aromatic carbocycles. The largest absolute Gasteiger partial charge is 0.495 e. The molecule has 8 nitrogen and oxygen atoms in total. The fourth-order valence-electron chi connectivity index (χ4n) is 3.58. The van der Waals surface area contributed by atoms with E-state index in [1.165, 1.54) is 23.5 Å². The van der Waals surface area contributed by atoms with Crippen LogP contribution in [0.4, 0.5) is 5.69 Å². The van der Waals surface area contributed by atoms with Gasteiger partial charge in [0.15, 0.2) is 11.5 Å². The van der Waals surface area contributed by atoms with Gasteiger partial charge in [0.25, 0.3) is 0 Å². The highest BCUT2D eigenvalue weighted by molar-refractivity contribution is 7.89. The summed E-state index contributed by atoms with van der Waals surface area (Å²) in [7, 11) is -2.39. The maximum Gasteiger partial charge on any atom is 0.243 e. The van der Waals surface area contributed by atoms with Crippen LogP contribution >= 0.6 is 11.6 Å². The summed E-state index contributed by atoms with van der Waals surface area (Å²) in [6.45, 7) is 1.04. The zero-order valence-electron chi connectivity index (χ0n) is 16.3. The summed E-state index contributed by atoms with van der Waals surface area (Å²) in [5.74, 6) is 0.968. The maximum atomic E-state index is 13.2. The van der Waals surface area contributed by atoms with E-state index in [0.29, 0.717) is 54.0 Å². The molecule has 1 atom stereocenters. The summed E-state index contributed by atoms with van der Waals surface area (Å²) >= 11 is 6.11. The van der Waals surface area contributed by atoms with Gasteiger partial charge in [0.05, 0.1) is 17.0 Å². The third-order valence-corrected chi connectivity index (χ3v) is 7.25. The third kappa shape index (κ3) is 3.92. The highest BCUT2D eigenvalue weighted by Gasteiger charge is 2.40.